The Labute approximate surface area is 111 Å². The number of hydrogen-bond acceptors (Lipinski definition) is 2. The molecule has 1 aliphatic carbocycles. The van der Waals surface area contributed by atoms with Crippen molar-refractivity contribution in [1.82, 2.24) is 0 Å². The standard InChI is InChI=1S/C14H18F2N2O/c15-12-6-5-10(14(18)19)11(13(12)16)7-8-1-3-9(17)4-2-8/h5-6,8-9H,1-4,7,17H2,(H2,18,19). The normalized spacial score (nSPS) is 23.3. The lowest BCUT2D eigenvalue weighted by Crippen LogP contribution is -2.28. The lowest BCUT2D eigenvalue weighted by molar-refractivity contribution is 0.0998. The Balaban J connectivity index is 2.23. The molecule has 0 aliphatic heterocycles. The molecule has 0 spiro atoms. The summed E-state index contributed by atoms with van der Waals surface area (Å²) in [6, 6.07) is 2.39. The van der Waals surface area contributed by atoms with Gasteiger partial charge in [-0.25, -0.2) is 8.78 Å². The number of hydrogen-bond donors (Lipinski definition) is 2. The molecule has 0 unspecified atom stereocenters. The highest BCUT2D eigenvalue weighted by Crippen LogP contribution is 2.29. The molecule has 4 N–H and O–H groups in total. The minimum absolute atomic E-state index is 0.0776. The molecule has 0 radical (unpaired) electrons. The van der Waals surface area contributed by atoms with Crippen molar-refractivity contribution in [3.63, 3.8) is 0 Å². The highest BCUT2D eigenvalue weighted by molar-refractivity contribution is 5.94. The maximum atomic E-state index is 13.8. The first kappa shape index (κ1) is 13.9. The van der Waals surface area contributed by atoms with Crippen molar-refractivity contribution in [2.75, 3.05) is 0 Å². The highest BCUT2D eigenvalue weighted by Gasteiger charge is 2.23. The largest absolute Gasteiger partial charge is 0.366 e. The van der Waals surface area contributed by atoms with Crippen molar-refractivity contribution in [1.29, 1.82) is 0 Å². The third kappa shape index (κ3) is 3.10. The van der Waals surface area contributed by atoms with E-state index in [0.29, 0.717) is 6.42 Å². The minimum atomic E-state index is -0.953. The highest BCUT2D eigenvalue weighted by atomic mass is 19.2. The molecule has 19 heavy (non-hydrogen) atoms. The Morgan fingerprint density at radius 2 is 1.84 bits per heavy atom. The molecule has 1 amide bonds. The Bertz CT molecular complexity index is 483. The molecule has 0 bridgehead atoms. The van der Waals surface area contributed by atoms with Gasteiger partial charge < -0.3 is 11.5 Å². The van der Waals surface area contributed by atoms with Crippen LogP contribution in [0.3, 0.4) is 0 Å². The molecule has 1 aromatic rings. The monoisotopic (exact) mass is 268 g/mol. The van der Waals surface area contributed by atoms with Crippen molar-refractivity contribution in [2.45, 2.75) is 38.1 Å². The smallest absolute Gasteiger partial charge is 0.249 e. The minimum Gasteiger partial charge on any atom is -0.366 e. The van der Waals surface area contributed by atoms with E-state index in [-0.39, 0.29) is 23.1 Å². The molecule has 1 aliphatic rings. The molecule has 2 rings (SSSR count). The summed E-state index contributed by atoms with van der Waals surface area (Å²) >= 11 is 0. The number of amides is 1. The quantitative estimate of drug-likeness (QED) is 0.881. The van der Waals surface area contributed by atoms with Gasteiger partial charge >= 0.3 is 0 Å². The van der Waals surface area contributed by atoms with Crippen LogP contribution in [0.1, 0.15) is 41.6 Å². The van der Waals surface area contributed by atoms with E-state index in [1.54, 1.807) is 0 Å². The molecular weight excluding hydrogens is 250 g/mol. The predicted molar refractivity (Wildman–Crippen MR) is 68.5 cm³/mol. The Morgan fingerprint density at radius 3 is 2.42 bits per heavy atom. The Kier molecular flexibility index (Phi) is 4.14. The van der Waals surface area contributed by atoms with Crippen LogP contribution >= 0.6 is 0 Å². The second-order valence-electron chi connectivity index (χ2n) is 5.24. The van der Waals surface area contributed by atoms with Crippen LogP contribution in [-0.2, 0) is 6.42 Å². The van der Waals surface area contributed by atoms with Crippen LogP contribution in [0.4, 0.5) is 8.78 Å². The van der Waals surface area contributed by atoms with Crippen LogP contribution < -0.4 is 11.5 Å². The number of halogens is 2. The zero-order valence-electron chi connectivity index (χ0n) is 10.7. The maximum Gasteiger partial charge on any atom is 0.249 e. The van der Waals surface area contributed by atoms with E-state index < -0.39 is 17.5 Å². The van der Waals surface area contributed by atoms with Gasteiger partial charge in [0.2, 0.25) is 5.91 Å². The summed E-state index contributed by atoms with van der Waals surface area (Å²) in [4.78, 5) is 11.3. The van der Waals surface area contributed by atoms with E-state index >= 15 is 0 Å². The molecule has 0 aromatic heterocycles. The van der Waals surface area contributed by atoms with Gasteiger partial charge in [0.25, 0.3) is 0 Å². The van der Waals surface area contributed by atoms with Crippen molar-refractivity contribution in [2.24, 2.45) is 17.4 Å². The van der Waals surface area contributed by atoms with Gasteiger partial charge in [-0.05, 0) is 50.2 Å². The lowest BCUT2D eigenvalue weighted by atomic mass is 9.81. The number of primary amides is 1. The average molecular weight is 268 g/mol. The van der Waals surface area contributed by atoms with Gasteiger partial charge in [-0.1, -0.05) is 0 Å². The predicted octanol–water partition coefficient (Wildman–Crippen LogP) is 2.12. The molecule has 0 saturated heterocycles. The van der Waals surface area contributed by atoms with Gasteiger partial charge in [0.15, 0.2) is 11.6 Å². The summed E-state index contributed by atoms with van der Waals surface area (Å²) in [6.07, 6.45) is 3.85. The second kappa shape index (κ2) is 5.65. The summed E-state index contributed by atoms with van der Waals surface area (Å²) in [6.45, 7) is 0. The molecule has 3 nitrogen and oxygen atoms in total. The number of carbonyl (C=O) groups is 1. The molecule has 1 saturated carbocycles. The van der Waals surface area contributed by atoms with Gasteiger partial charge in [-0.2, -0.15) is 0 Å². The topological polar surface area (TPSA) is 69.1 Å². The first-order valence-electron chi connectivity index (χ1n) is 6.51. The fraction of sp³-hybridized carbons (Fsp3) is 0.500. The number of carbonyl (C=O) groups excluding carboxylic acids is 1. The molecular formula is C14H18F2N2O. The zero-order chi connectivity index (χ0) is 14.0. The van der Waals surface area contributed by atoms with Crippen LogP contribution in [-0.4, -0.2) is 11.9 Å². The maximum absolute atomic E-state index is 13.8. The van der Waals surface area contributed by atoms with Gasteiger partial charge in [-0.3, -0.25) is 4.79 Å². The van der Waals surface area contributed by atoms with Crippen molar-refractivity contribution in [3.8, 4) is 0 Å². The number of nitrogens with two attached hydrogens (primary N) is 2. The van der Waals surface area contributed by atoms with Crippen LogP contribution in [0.5, 0.6) is 0 Å². The van der Waals surface area contributed by atoms with Crippen LogP contribution in [0.15, 0.2) is 12.1 Å². The van der Waals surface area contributed by atoms with Crippen LogP contribution in [0.2, 0.25) is 0 Å². The Morgan fingerprint density at radius 1 is 1.21 bits per heavy atom. The average Bonchev–Trinajstić information content (AvgIpc) is 2.37. The van der Waals surface area contributed by atoms with Gasteiger partial charge in [0.1, 0.15) is 0 Å². The van der Waals surface area contributed by atoms with Crippen molar-refractivity contribution in [3.05, 3.63) is 34.9 Å². The van der Waals surface area contributed by atoms with E-state index in [1.807, 2.05) is 0 Å². The van der Waals surface area contributed by atoms with Gasteiger partial charge in [0, 0.05) is 17.2 Å². The van der Waals surface area contributed by atoms with Crippen LogP contribution in [0, 0.1) is 17.6 Å². The summed E-state index contributed by atoms with van der Waals surface area (Å²) in [5, 5.41) is 0. The molecule has 0 heterocycles. The van der Waals surface area contributed by atoms with E-state index in [9.17, 15) is 13.6 Å². The van der Waals surface area contributed by atoms with E-state index in [4.69, 9.17) is 11.5 Å². The first-order chi connectivity index (χ1) is 8.99. The summed E-state index contributed by atoms with van der Waals surface area (Å²) < 4.78 is 27.1. The molecule has 1 aromatic carbocycles. The van der Waals surface area contributed by atoms with E-state index in [0.717, 1.165) is 31.7 Å². The molecule has 104 valence electrons. The van der Waals surface area contributed by atoms with Gasteiger partial charge in [0.05, 0.1) is 0 Å². The third-order valence-electron chi connectivity index (χ3n) is 3.85. The van der Waals surface area contributed by atoms with E-state index in [1.165, 1.54) is 6.07 Å². The molecule has 0 atom stereocenters. The van der Waals surface area contributed by atoms with Gasteiger partial charge in [-0.15, -0.1) is 0 Å². The second-order valence-corrected chi connectivity index (χ2v) is 5.24. The van der Waals surface area contributed by atoms with Crippen LogP contribution in [0.25, 0.3) is 0 Å². The van der Waals surface area contributed by atoms with Crippen molar-refractivity contribution >= 4 is 5.91 Å². The fourth-order valence-electron chi connectivity index (χ4n) is 2.70. The fourth-order valence-corrected chi connectivity index (χ4v) is 2.70. The number of benzene rings is 1. The third-order valence-corrected chi connectivity index (χ3v) is 3.85. The molecule has 5 heteroatoms. The molecule has 1 fully saturated rings. The van der Waals surface area contributed by atoms with E-state index in [2.05, 4.69) is 0 Å². The number of rotatable bonds is 3. The Hall–Kier alpha value is -1.49. The summed E-state index contributed by atoms with van der Waals surface area (Å²) in [7, 11) is 0. The first-order valence-corrected chi connectivity index (χ1v) is 6.51. The SMILES string of the molecule is NC(=O)c1ccc(F)c(F)c1CC1CCC(N)CC1. The lowest BCUT2D eigenvalue weighted by Gasteiger charge is -2.26. The summed E-state index contributed by atoms with van der Waals surface area (Å²) in [5.41, 5.74) is 11.2. The van der Waals surface area contributed by atoms with Crippen molar-refractivity contribution < 1.29 is 13.6 Å². The zero-order valence-corrected chi connectivity index (χ0v) is 10.7. The summed E-state index contributed by atoms with van der Waals surface area (Å²) in [5.74, 6) is -2.38.